The summed E-state index contributed by atoms with van der Waals surface area (Å²) in [5, 5.41) is 15.2. The van der Waals surface area contributed by atoms with E-state index >= 15 is 0 Å². The Morgan fingerprint density at radius 2 is 2.15 bits per heavy atom. The molecule has 1 rings (SSSR count). The van der Waals surface area contributed by atoms with Crippen molar-refractivity contribution in [2.45, 2.75) is 71.3 Å². The van der Waals surface area contributed by atoms with Gasteiger partial charge in [-0.15, -0.1) is 11.3 Å². The smallest absolute Gasteiger partial charge is 0.315 e. The van der Waals surface area contributed by atoms with Crippen LogP contribution >= 0.6 is 11.3 Å². The zero-order valence-electron chi connectivity index (χ0n) is 12.9. The van der Waals surface area contributed by atoms with Crippen LogP contribution in [0, 0.1) is 0 Å². The van der Waals surface area contributed by atoms with Crippen LogP contribution in [-0.2, 0) is 10.2 Å². The Bertz CT molecular complexity index is 429. The molecule has 114 valence electrons. The van der Waals surface area contributed by atoms with Crippen molar-refractivity contribution >= 4 is 22.4 Å². The van der Waals surface area contributed by atoms with Crippen LogP contribution in [-0.4, -0.2) is 22.1 Å². The van der Waals surface area contributed by atoms with Crippen molar-refractivity contribution < 1.29 is 9.90 Å². The lowest BCUT2D eigenvalue weighted by Crippen LogP contribution is -2.29. The van der Waals surface area contributed by atoms with Crippen LogP contribution in [0.15, 0.2) is 5.38 Å². The molecule has 0 spiro atoms. The summed E-state index contributed by atoms with van der Waals surface area (Å²) < 4.78 is 0. The topological polar surface area (TPSA) is 62.2 Å². The van der Waals surface area contributed by atoms with Crippen molar-refractivity contribution in [2.75, 3.05) is 5.32 Å². The molecule has 1 heterocycles. The molecule has 0 aliphatic carbocycles. The van der Waals surface area contributed by atoms with E-state index in [0.29, 0.717) is 11.7 Å². The summed E-state index contributed by atoms with van der Waals surface area (Å²) in [6.45, 7) is 7.73. The highest BCUT2D eigenvalue weighted by atomic mass is 32.1. The van der Waals surface area contributed by atoms with E-state index in [4.69, 9.17) is 0 Å². The van der Waals surface area contributed by atoms with Crippen LogP contribution in [0.5, 0.6) is 0 Å². The number of rotatable bonds is 9. The maximum absolute atomic E-state index is 11.2. The Morgan fingerprint density at radius 1 is 1.45 bits per heavy atom. The van der Waals surface area contributed by atoms with Gasteiger partial charge in [-0.25, -0.2) is 4.98 Å². The zero-order valence-corrected chi connectivity index (χ0v) is 13.7. The number of carbonyl (C=O) groups is 1. The Balaban J connectivity index is 2.50. The molecular formula is C15H26N2O2S. The summed E-state index contributed by atoms with van der Waals surface area (Å²) in [7, 11) is 0. The van der Waals surface area contributed by atoms with Crippen molar-refractivity contribution in [3.8, 4) is 0 Å². The van der Waals surface area contributed by atoms with Gasteiger partial charge in [-0.2, -0.15) is 0 Å². The first-order valence-corrected chi connectivity index (χ1v) is 8.21. The molecule has 0 saturated carbocycles. The van der Waals surface area contributed by atoms with Crippen molar-refractivity contribution in [3.63, 3.8) is 0 Å². The second-order valence-electron chi connectivity index (χ2n) is 5.86. The Labute approximate surface area is 125 Å². The quantitative estimate of drug-likeness (QED) is 0.668. The lowest BCUT2D eigenvalue weighted by Gasteiger charge is -2.16. The van der Waals surface area contributed by atoms with Crippen LogP contribution in [0.3, 0.4) is 0 Å². The van der Waals surface area contributed by atoms with E-state index in [9.17, 15) is 9.90 Å². The number of carboxylic acids is 1. The lowest BCUT2D eigenvalue weighted by molar-refractivity contribution is -0.142. The number of aliphatic carboxylic acids is 1. The minimum atomic E-state index is -0.930. The fourth-order valence-electron chi connectivity index (χ4n) is 1.90. The SMILES string of the molecule is CCCCCCC(C)Nc1nc(C(C)(C)C(=O)O)cs1. The van der Waals surface area contributed by atoms with Gasteiger partial charge in [-0.3, -0.25) is 4.79 Å². The third-order valence-corrected chi connectivity index (χ3v) is 4.31. The van der Waals surface area contributed by atoms with Gasteiger partial charge in [0, 0.05) is 11.4 Å². The first kappa shape index (κ1) is 17.0. The number of unbranched alkanes of at least 4 members (excludes halogenated alkanes) is 3. The van der Waals surface area contributed by atoms with Crippen molar-refractivity contribution in [2.24, 2.45) is 0 Å². The number of hydrogen-bond acceptors (Lipinski definition) is 4. The molecule has 5 heteroatoms. The molecule has 0 bridgehead atoms. The predicted molar refractivity (Wildman–Crippen MR) is 84.6 cm³/mol. The molecule has 0 aliphatic rings. The van der Waals surface area contributed by atoms with E-state index in [-0.39, 0.29) is 0 Å². The van der Waals surface area contributed by atoms with E-state index < -0.39 is 11.4 Å². The Hall–Kier alpha value is -1.10. The van der Waals surface area contributed by atoms with Gasteiger partial charge >= 0.3 is 5.97 Å². The van der Waals surface area contributed by atoms with Gasteiger partial charge in [0.15, 0.2) is 5.13 Å². The molecule has 0 aliphatic heterocycles. The molecule has 1 atom stereocenters. The minimum absolute atomic E-state index is 0.374. The molecule has 1 unspecified atom stereocenters. The minimum Gasteiger partial charge on any atom is -0.481 e. The summed E-state index contributed by atoms with van der Waals surface area (Å²) in [5.74, 6) is -0.845. The highest BCUT2D eigenvalue weighted by Crippen LogP contribution is 2.27. The van der Waals surface area contributed by atoms with Crippen LogP contribution in [0.25, 0.3) is 0 Å². The first-order valence-electron chi connectivity index (χ1n) is 7.33. The van der Waals surface area contributed by atoms with Gasteiger partial charge in [0.05, 0.1) is 5.69 Å². The van der Waals surface area contributed by atoms with Gasteiger partial charge in [0.2, 0.25) is 0 Å². The van der Waals surface area contributed by atoms with Gasteiger partial charge in [0.1, 0.15) is 5.41 Å². The van der Waals surface area contributed by atoms with E-state index in [0.717, 1.165) is 11.6 Å². The van der Waals surface area contributed by atoms with Crippen LogP contribution < -0.4 is 5.32 Å². The molecule has 20 heavy (non-hydrogen) atoms. The van der Waals surface area contributed by atoms with Gasteiger partial charge < -0.3 is 10.4 Å². The highest BCUT2D eigenvalue weighted by Gasteiger charge is 2.32. The number of anilines is 1. The third kappa shape index (κ3) is 4.78. The van der Waals surface area contributed by atoms with Crippen molar-refractivity contribution in [1.82, 2.24) is 4.98 Å². The van der Waals surface area contributed by atoms with Crippen molar-refractivity contribution in [1.29, 1.82) is 0 Å². The monoisotopic (exact) mass is 298 g/mol. The van der Waals surface area contributed by atoms with E-state index in [1.807, 2.05) is 5.38 Å². The van der Waals surface area contributed by atoms with Gasteiger partial charge in [0.25, 0.3) is 0 Å². The maximum Gasteiger partial charge on any atom is 0.315 e. The molecular weight excluding hydrogens is 272 g/mol. The zero-order chi connectivity index (χ0) is 15.2. The van der Waals surface area contributed by atoms with Gasteiger partial charge in [-0.1, -0.05) is 32.6 Å². The predicted octanol–water partition coefficient (Wildman–Crippen LogP) is 4.28. The number of thiazole rings is 1. The number of nitrogens with one attached hydrogen (secondary N) is 1. The number of carboxylic acid groups (broad SMARTS) is 1. The molecule has 0 amide bonds. The fourth-order valence-corrected chi connectivity index (χ4v) is 2.89. The maximum atomic E-state index is 11.2. The summed E-state index contributed by atoms with van der Waals surface area (Å²) >= 11 is 1.48. The molecule has 0 fully saturated rings. The van der Waals surface area contributed by atoms with E-state index in [1.165, 1.54) is 37.0 Å². The average Bonchev–Trinajstić information content (AvgIpc) is 2.83. The molecule has 0 saturated heterocycles. The molecule has 0 aromatic carbocycles. The second-order valence-corrected chi connectivity index (χ2v) is 6.72. The Kier molecular flexibility index (Phi) is 6.46. The molecule has 4 nitrogen and oxygen atoms in total. The Morgan fingerprint density at radius 3 is 2.75 bits per heavy atom. The summed E-state index contributed by atoms with van der Waals surface area (Å²) in [4.78, 5) is 15.6. The normalized spacial score (nSPS) is 13.2. The average molecular weight is 298 g/mol. The van der Waals surface area contributed by atoms with E-state index in [1.54, 1.807) is 13.8 Å². The van der Waals surface area contributed by atoms with Crippen molar-refractivity contribution in [3.05, 3.63) is 11.1 Å². The van der Waals surface area contributed by atoms with Crippen LogP contribution in [0.2, 0.25) is 0 Å². The standard InChI is InChI=1S/C15H26N2O2S/c1-5-6-7-8-9-11(2)16-14-17-12(10-20-14)15(3,4)13(18)19/h10-11H,5-9H2,1-4H3,(H,16,17)(H,18,19). The fraction of sp³-hybridized carbons (Fsp3) is 0.733. The summed E-state index contributed by atoms with van der Waals surface area (Å²) in [6, 6.07) is 0.374. The first-order chi connectivity index (χ1) is 9.37. The van der Waals surface area contributed by atoms with Crippen LogP contribution in [0.1, 0.15) is 65.5 Å². The lowest BCUT2D eigenvalue weighted by atomic mass is 9.90. The largest absolute Gasteiger partial charge is 0.481 e. The van der Waals surface area contributed by atoms with Gasteiger partial charge in [-0.05, 0) is 27.2 Å². The summed E-state index contributed by atoms with van der Waals surface area (Å²) in [5.41, 5.74) is -0.309. The highest BCUT2D eigenvalue weighted by molar-refractivity contribution is 7.13. The number of aromatic nitrogens is 1. The molecule has 0 radical (unpaired) electrons. The number of hydrogen-bond donors (Lipinski definition) is 2. The molecule has 1 aromatic rings. The molecule has 1 aromatic heterocycles. The third-order valence-electron chi connectivity index (χ3n) is 3.54. The molecule has 2 N–H and O–H groups in total. The van der Waals surface area contributed by atoms with Crippen LogP contribution in [0.4, 0.5) is 5.13 Å². The summed E-state index contributed by atoms with van der Waals surface area (Å²) in [6.07, 6.45) is 6.17. The van der Waals surface area contributed by atoms with E-state index in [2.05, 4.69) is 24.1 Å². The second kappa shape index (κ2) is 7.62. The number of nitrogens with zero attached hydrogens (tertiary/aromatic N) is 1.